The summed E-state index contributed by atoms with van der Waals surface area (Å²) in [5.74, 6) is 0.297. The predicted octanol–water partition coefficient (Wildman–Crippen LogP) is 3.32. The molecule has 0 aromatic heterocycles. The highest BCUT2D eigenvalue weighted by Crippen LogP contribution is 2.64. The Morgan fingerprint density at radius 3 is 2.54 bits per heavy atom. The Balaban J connectivity index is 1.61. The fraction of sp³-hybridized carbons (Fsp3) is 0.667. The van der Waals surface area contributed by atoms with Gasteiger partial charge >= 0.3 is 0 Å². The van der Waals surface area contributed by atoms with Crippen molar-refractivity contribution in [3.05, 3.63) is 24.3 Å². The van der Waals surface area contributed by atoms with E-state index in [9.17, 15) is 13.2 Å². The number of nitrogens with zero attached hydrogens (tertiary/aromatic N) is 1. The summed E-state index contributed by atoms with van der Waals surface area (Å²) in [4.78, 5) is 12.7. The molecule has 0 amide bonds. The van der Waals surface area contributed by atoms with Crippen LogP contribution in [0.4, 0.5) is 11.4 Å². The van der Waals surface area contributed by atoms with E-state index in [1.54, 1.807) is 6.07 Å². The molecule has 1 heterocycles. The molecule has 2 saturated carbocycles. The summed E-state index contributed by atoms with van der Waals surface area (Å²) in [6.07, 6.45) is 3.13. The number of para-hydroxylation sites is 2. The number of nitrogens with one attached hydrogen (secondary N) is 2. The Morgan fingerprint density at radius 2 is 1.96 bits per heavy atom. The fourth-order valence-electron chi connectivity index (χ4n) is 5.75. The first-order chi connectivity index (χ1) is 13.1. The van der Waals surface area contributed by atoms with Gasteiger partial charge < -0.3 is 5.01 Å². The van der Waals surface area contributed by atoms with Crippen molar-refractivity contribution < 1.29 is 13.2 Å². The first kappa shape index (κ1) is 19.7. The van der Waals surface area contributed by atoms with E-state index >= 15 is 0 Å². The quantitative estimate of drug-likeness (QED) is 0.786. The average molecular weight is 406 g/mol. The maximum absolute atomic E-state index is 13.2. The first-order valence-electron chi connectivity index (χ1n) is 10.2. The van der Waals surface area contributed by atoms with Crippen LogP contribution in [0.25, 0.3) is 0 Å². The third-order valence-corrected chi connectivity index (χ3v) is 8.90. The van der Waals surface area contributed by atoms with Crippen molar-refractivity contribution in [3.8, 4) is 0 Å². The summed E-state index contributed by atoms with van der Waals surface area (Å²) in [6, 6.07) is 8.07. The molecule has 0 spiro atoms. The lowest BCUT2D eigenvalue weighted by Gasteiger charge is -2.36. The summed E-state index contributed by atoms with van der Waals surface area (Å²) in [5, 5.41) is 2.04. The molecular weight excluding hydrogens is 374 g/mol. The molecule has 1 saturated heterocycles. The molecule has 6 nitrogen and oxygen atoms in total. The van der Waals surface area contributed by atoms with Crippen LogP contribution in [-0.2, 0) is 14.8 Å². The minimum Gasteiger partial charge on any atom is -0.303 e. The van der Waals surface area contributed by atoms with Gasteiger partial charge in [-0.1, -0.05) is 26.0 Å². The molecule has 0 radical (unpaired) electrons. The smallest absolute Gasteiger partial charge is 0.233 e. The number of carbonyl (C=O) groups excluding carboxylic acids is 1. The standard InChI is InChI=1S/C21H31N3O3S/c1-14-11-15(2)24(22-14)18-8-6-5-7-17(18)23-28(26,27)13-21-10-9-16(12-19(21)25)20(21,3)4/h5-8,14-16,22-23H,9-13H2,1-4H3. The van der Waals surface area contributed by atoms with Crippen LogP contribution in [0.15, 0.2) is 24.3 Å². The number of sulfonamides is 1. The number of ketones is 1. The summed E-state index contributed by atoms with van der Waals surface area (Å²) >= 11 is 0. The van der Waals surface area contributed by atoms with Crippen LogP contribution in [0.2, 0.25) is 0 Å². The van der Waals surface area contributed by atoms with Crippen LogP contribution in [0.1, 0.15) is 53.4 Å². The van der Waals surface area contributed by atoms with Gasteiger partial charge in [-0.05, 0) is 56.6 Å². The van der Waals surface area contributed by atoms with Gasteiger partial charge in [-0.15, -0.1) is 0 Å². The number of hydrazine groups is 1. The number of rotatable bonds is 5. The zero-order valence-corrected chi connectivity index (χ0v) is 18.0. The minimum absolute atomic E-state index is 0.121. The summed E-state index contributed by atoms with van der Waals surface area (Å²) in [5.41, 5.74) is 3.77. The maximum atomic E-state index is 13.2. The maximum Gasteiger partial charge on any atom is 0.233 e. The molecule has 2 bridgehead atoms. The van der Waals surface area contributed by atoms with Gasteiger partial charge in [0.2, 0.25) is 10.0 Å². The predicted molar refractivity (Wildman–Crippen MR) is 112 cm³/mol. The monoisotopic (exact) mass is 405 g/mol. The number of anilines is 2. The molecule has 1 aromatic carbocycles. The van der Waals surface area contributed by atoms with Gasteiger partial charge in [0.25, 0.3) is 0 Å². The lowest BCUT2D eigenvalue weighted by Crippen LogP contribution is -2.44. The third-order valence-electron chi connectivity index (χ3n) is 7.50. The summed E-state index contributed by atoms with van der Waals surface area (Å²) in [7, 11) is -3.67. The second kappa shape index (κ2) is 6.46. The third kappa shape index (κ3) is 2.94. The largest absolute Gasteiger partial charge is 0.303 e. The van der Waals surface area contributed by atoms with Gasteiger partial charge in [0.05, 0.1) is 22.5 Å². The lowest BCUT2D eigenvalue weighted by molar-refractivity contribution is -0.128. The Morgan fingerprint density at radius 1 is 1.25 bits per heavy atom. The van der Waals surface area contributed by atoms with E-state index in [-0.39, 0.29) is 23.0 Å². The van der Waals surface area contributed by atoms with E-state index in [1.165, 1.54) is 0 Å². The summed E-state index contributed by atoms with van der Waals surface area (Å²) in [6.45, 7) is 8.37. The van der Waals surface area contributed by atoms with E-state index < -0.39 is 15.4 Å². The van der Waals surface area contributed by atoms with Gasteiger partial charge in [0, 0.05) is 18.5 Å². The molecule has 1 aliphatic heterocycles. The number of hydrogen-bond acceptors (Lipinski definition) is 5. The molecule has 4 unspecified atom stereocenters. The molecule has 3 aliphatic rings. The average Bonchev–Trinajstić information content (AvgIpc) is 3.11. The highest BCUT2D eigenvalue weighted by atomic mass is 32.2. The van der Waals surface area contributed by atoms with Crippen molar-refractivity contribution in [3.63, 3.8) is 0 Å². The van der Waals surface area contributed by atoms with Crippen molar-refractivity contribution in [2.24, 2.45) is 16.7 Å². The van der Waals surface area contributed by atoms with Crippen LogP contribution in [0, 0.1) is 16.7 Å². The number of benzene rings is 1. The number of fused-ring (bicyclic) bond motifs is 2. The highest BCUT2D eigenvalue weighted by molar-refractivity contribution is 7.92. The normalized spacial score (nSPS) is 34.2. The molecule has 3 fully saturated rings. The topological polar surface area (TPSA) is 78.5 Å². The minimum atomic E-state index is -3.67. The SMILES string of the molecule is CC1CC(C)N(c2ccccc2NS(=O)(=O)CC23CCC(CC2=O)C3(C)C)N1. The van der Waals surface area contributed by atoms with Gasteiger partial charge in [0.15, 0.2) is 0 Å². The van der Waals surface area contributed by atoms with Crippen LogP contribution in [-0.4, -0.2) is 32.0 Å². The Hall–Kier alpha value is -1.60. The van der Waals surface area contributed by atoms with Crippen molar-refractivity contribution >= 4 is 27.2 Å². The van der Waals surface area contributed by atoms with E-state index in [1.807, 2.05) is 23.2 Å². The van der Waals surface area contributed by atoms with Gasteiger partial charge in [-0.2, -0.15) is 0 Å². The van der Waals surface area contributed by atoms with E-state index in [4.69, 9.17) is 0 Å². The van der Waals surface area contributed by atoms with Crippen molar-refractivity contribution in [2.75, 3.05) is 15.5 Å². The zero-order chi connectivity index (χ0) is 20.3. The molecule has 2 aliphatic carbocycles. The van der Waals surface area contributed by atoms with Crippen LogP contribution in [0.5, 0.6) is 0 Å². The molecule has 2 N–H and O–H groups in total. The zero-order valence-electron chi connectivity index (χ0n) is 17.2. The lowest BCUT2D eigenvalue weighted by atomic mass is 9.70. The molecule has 154 valence electrons. The second-order valence-corrected chi connectivity index (χ2v) is 11.3. The molecular formula is C21H31N3O3S. The highest BCUT2D eigenvalue weighted by Gasteiger charge is 2.65. The van der Waals surface area contributed by atoms with E-state index in [0.29, 0.717) is 30.5 Å². The van der Waals surface area contributed by atoms with Crippen molar-refractivity contribution in [2.45, 2.75) is 65.5 Å². The molecule has 28 heavy (non-hydrogen) atoms. The molecule has 4 rings (SSSR count). The molecule has 4 atom stereocenters. The number of carbonyl (C=O) groups is 1. The number of Topliss-reactive ketones (excluding diaryl/α,β-unsaturated/α-hetero) is 1. The Kier molecular flexibility index (Phi) is 4.54. The van der Waals surface area contributed by atoms with Crippen LogP contribution >= 0.6 is 0 Å². The Bertz CT molecular complexity index is 898. The van der Waals surface area contributed by atoms with Gasteiger partial charge in [-0.25, -0.2) is 13.8 Å². The van der Waals surface area contributed by atoms with Crippen LogP contribution < -0.4 is 15.2 Å². The Labute approximate surface area is 168 Å². The van der Waals surface area contributed by atoms with Crippen molar-refractivity contribution in [1.29, 1.82) is 0 Å². The van der Waals surface area contributed by atoms with Gasteiger partial charge in [0.1, 0.15) is 5.78 Å². The number of hydrogen-bond donors (Lipinski definition) is 2. The van der Waals surface area contributed by atoms with Gasteiger partial charge in [-0.3, -0.25) is 9.52 Å². The van der Waals surface area contributed by atoms with Crippen LogP contribution in [0.3, 0.4) is 0 Å². The fourth-order valence-corrected chi connectivity index (χ4v) is 7.65. The van der Waals surface area contributed by atoms with E-state index in [0.717, 1.165) is 18.5 Å². The van der Waals surface area contributed by atoms with E-state index in [2.05, 4.69) is 37.8 Å². The molecule has 1 aromatic rings. The van der Waals surface area contributed by atoms with Crippen molar-refractivity contribution in [1.82, 2.24) is 5.43 Å². The summed E-state index contributed by atoms with van der Waals surface area (Å²) < 4.78 is 29.2. The second-order valence-electron chi connectivity index (χ2n) is 9.53. The first-order valence-corrected chi connectivity index (χ1v) is 11.9. The molecule has 7 heteroatoms.